The molecule has 0 unspecified atom stereocenters. The lowest BCUT2D eigenvalue weighted by Gasteiger charge is -2.09. The summed E-state index contributed by atoms with van der Waals surface area (Å²) in [6.07, 6.45) is 3.31. The van der Waals surface area contributed by atoms with Crippen LogP contribution in [-0.4, -0.2) is 21.5 Å². The van der Waals surface area contributed by atoms with Crippen molar-refractivity contribution in [2.75, 3.05) is 0 Å². The average Bonchev–Trinajstić information content (AvgIpc) is 2.50. The number of hydrogen-bond acceptors (Lipinski definition) is 3. The number of rotatable bonds is 3. The molecule has 0 bridgehead atoms. The Bertz CT molecular complexity index is 370. The van der Waals surface area contributed by atoms with Crippen LogP contribution < -0.4 is 11.1 Å². The fourth-order valence-electron chi connectivity index (χ4n) is 1.29. The molecule has 0 saturated heterocycles. The van der Waals surface area contributed by atoms with Gasteiger partial charge in [0.05, 0.1) is 0 Å². The molecule has 15 heavy (non-hydrogen) atoms. The molecule has 1 aromatic rings. The topological polar surface area (TPSA) is 90.0 Å². The quantitative estimate of drug-likeness (QED) is 0.746. The second-order valence-electron chi connectivity index (χ2n) is 3.48. The molecule has 1 rings (SSSR count). The molecule has 3 N–H and O–H groups in total. The molecule has 0 aromatic carbocycles. The van der Waals surface area contributed by atoms with Crippen LogP contribution in [0.3, 0.4) is 0 Å². The minimum Gasteiger partial charge on any atom is -0.351 e. The third-order valence-electron chi connectivity index (χ3n) is 1.84. The summed E-state index contributed by atoms with van der Waals surface area (Å²) < 4.78 is 1.68. The van der Waals surface area contributed by atoms with Gasteiger partial charge in [-0.1, -0.05) is 13.8 Å². The van der Waals surface area contributed by atoms with Gasteiger partial charge < -0.3 is 10.3 Å². The van der Waals surface area contributed by atoms with Gasteiger partial charge in [-0.05, 0) is 0 Å². The molecule has 0 aliphatic rings. The SMILES string of the molecule is CC(C)c1nccn1CC(=O)NC(N)=O. The molecule has 0 radical (unpaired) electrons. The third kappa shape index (κ3) is 3.08. The Morgan fingerprint density at radius 2 is 2.27 bits per heavy atom. The number of amides is 3. The Labute approximate surface area is 87.5 Å². The number of imide groups is 1. The van der Waals surface area contributed by atoms with Crippen molar-refractivity contribution in [1.29, 1.82) is 0 Å². The molecule has 1 aromatic heterocycles. The number of carbonyl (C=O) groups is 2. The fourth-order valence-corrected chi connectivity index (χ4v) is 1.29. The highest BCUT2D eigenvalue weighted by atomic mass is 16.2. The van der Waals surface area contributed by atoms with Crippen molar-refractivity contribution < 1.29 is 9.59 Å². The van der Waals surface area contributed by atoms with Crippen LogP contribution in [0.4, 0.5) is 4.79 Å². The number of hydrogen-bond donors (Lipinski definition) is 2. The Balaban J connectivity index is 2.68. The Morgan fingerprint density at radius 3 is 2.80 bits per heavy atom. The van der Waals surface area contributed by atoms with Crippen molar-refractivity contribution >= 4 is 11.9 Å². The summed E-state index contributed by atoms with van der Waals surface area (Å²) >= 11 is 0. The molecule has 6 heteroatoms. The van der Waals surface area contributed by atoms with Gasteiger partial charge in [0.1, 0.15) is 12.4 Å². The second kappa shape index (κ2) is 4.59. The van der Waals surface area contributed by atoms with Gasteiger partial charge in [0.2, 0.25) is 5.91 Å². The highest BCUT2D eigenvalue weighted by Crippen LogP contribution is 2.10. The molecule has 3 amide bonds. The van der Waals surface area contributed by atoms with Crippen LogP contribution >= 0.6 is 0 Å². The van der Waals surface area contributed by atoms with Gasteiger partial charge in [-0.25, -0.2) is 9.78 Å². The summed E-state index contributed by atoms with van der Waals surface area (Å²) in [5.74, 6) is 0.582. The number of nitrogens with one attached hydrogen (secondary N) is 1. The Morgan fingerprint density at radius 1 is 1.60 bits per heavy atom. The van der Waals surface area contributed by atoms with Crippen LogP contribution in [-0.2, 0) is 11.3 Å². The fraction of sp³-hybridized carbons (Fsp3) is 0.444. The van der Waals surface area contributed by atoms with Crippen LogP contribution in [0.15, 0.2) is 12.4 Å². The monoisotopic (exact) mass is 210 g/mol. The molecular formula is C9H14N4O2. The molecule has 1 heterocycles. The summed E-state index contributed by atoms with van der Waals surface area (Å²) in [7, 11) is 0. The highest BCUT2D eigenvalue weighted by Gasteiger charge is 2.11. The zero-order chi connectivity index (χ0) is 11.4. The Hall–Kier alpha value is -1.85. The van der Waals surface area contributed by atoms with Gasteiger partial charge in [-0.3, -0.25) is 10.1 Å². The molecule has 0 saturated carbocycles. The minimum atomic E-state index is -0.841. The smallest absolute Gasteiger partial charge is 0.318 e. The van der Waals surface area contributed by atoms with Crippen molar-refractivity contribution in [3.63, 3.8) is 0 Å². The highest BCUT2D eigenvalue weighted by molar-refractivity contribution is 5.93. The van der Waals surface area contributed by atoms with E-state index in [1.807, 2.05) is 19.2 Å². The molecule has 0 aliphatic heterocycles. The van der Waals surface area contributed by atoms with Crippen molar-refractivity contribution in [2.24, 2.45) is 5.73 Å². The molecular weight excluding hydrogens is 196 g/mol. The average molecular weight is 210 g/mol. The van der Waals surface area contributed by atoms with Gasteiger partial charge in [0.15, 0.2) is 0 Å². The molecule has 0 atom stereocenters. The number of carbonyl (C=O) groups excluding carboxylic acids is 2. The lowest BCUT2D eigenvalue weighted by molar-refractivity contribution is -0.120. The van der Waals surface area contributed by atoms with Gasteiger partial charge in [0, 0.05) is 18.3 Å². The maximum atomic E-state index is 11.2. The first-order valence-corrected chi connectivity index (χ1v) is 4.61. The Kier molecular flexibility index (Phi) is 3.43. The van der Waals surface area contributed by atoms with Crippen molar-refractivity contribution in [3.8, 4) is 0 Å². The van der Waals surface area contributed by atoms with Crippen LogP contribution in [0, 0.1) is 0 Å². The van der Waals surface area contributed by atoms with E-state index in [-0.39, 0.29) is 12.5 Å². The van der Waals surface area contributed by atoms with E-state index in [2.05, 4.69) is 4.98 Å². The number of nitrogens with zero attached hydrogens (tertiary/aromatic N) is 2. The molecule has 6 nitrogen and oxygen atoms in total. The number of aromatic nitrogens is 2. The van der Waals surface area contributed by atoms with Crippen LogP contribution in [0.1, 0.15) is 25.6 Å². The number of urea groups is 1. The minimum absolute atomic E-state index is 0.0520. The predicted molar refractivity (Wildman–Crippen MR) is 54.0 cm³/mol. The molecule has 82 valence electrons. The summed E-state index contributed by atoms with van der Waals surface area (Å²) in [5, 5.41) is 2.00. The maximum absolute atomic E-state index is 11.2. The van der Waals surface area contributed by atoms with Crippen molar-refractivity contribution in [3.05, 3.63) is 18.2 Å². The maximum Gasteiger partial charge on any atom is 0.318 e. The van der Waals surface area contributed by atoms with Gasteiger partial charge >= 0.3 is 6.03 Å². The molecule has 0 spiro atoms. The van der Waals surface area contributed by atoms with Crippen molar-refractivity contribution in [2.45, 2.75) is 26.3 Å². The van der Waals surface area contributed by atoms with E-state index in [9.17, 15) is 9.59 Å². The normalized spacial score (nSPS) is 10.3. The van der Waals surface area contributed by atoms with E-state index in [4.69, 9.17) is 5.73 Å². The van der Waals surface area contributed by atoms with E-state index in [0.29, 0.717) is 0 Å². The summed E-state index contributed by atoms with van der Waals surface area (Å²) in [6, 6.07) is -0.841. The lowest BCUT2D eigenvalue weighted by atomic mass is 10.2. The first kappa shape index (κ1) is 11.2. The number of imidazole rings is 1. The van der Waals surface area contributed by atoms with Crippen LogP contribution in [0.25, 0.3) is 0 Å². The summed E-state index contributed by atoms with van der Waals surface area (Å²) in [5.41, 5.74) is 4.82. The molecule has 0 aliphatic carbocycles. The third-order valence-corrected chi connectivity index (χ3v) is 1.84. The van der Waals surface area contributed by atoms with E-state index >= 15 is 0 Å². The summed E-state index contributed by atoms with van der Waals surface area (Å²) in [4.78, 5) is 25.8. The standard InChI is InChI=1S/C9H14N4O2/c1-6(2)8-11-3-4-13(8)5-7(14)12-9(10)15/h3-4,6H,5H2,1-2H3,(H3,10,12,14,15). The van der Waals surface area contributed by atoms with E-state index in [1.165, 1.54) is 0 Å². The lowest BCUT2D eigenvalue weighted by Crippen LogP contribution is -2.37. The van der Waals surface area contributed by atoms with Gasteiger partial charge in [-0.2, -0.15) is 0 Å². The zero-order valence-electron chi connectivity index (χ0n) is 8.73. The van der Waals surface area contributed by atoms with Crippen molar-refractivity contribution in [1.82, 2.24) is 14.9 Å². The van der Waals surface area contributed by atoms with Crippen LogP contribution in [0.2, 0.25) is 0 Å². The number of primary amides is 1. The zero-order valence-corrected chi connectivity index (χ0v) is 8.73. The van der Waals surface area contributed by atoms with Gasteiger partial charge in [0.25, 0.3) is 0 Å². The van der Waals surface area contributed by atoms with Crippen LogP contribution in [0.5, 0.6) is 0 Å². The first-order chi connectivity index (χ1) is 7.00. The predicted octanol–water partition coefficient (Wildman–Crippen LogP) is 0.201. The second-order valence-corrected chi connectivity index (χ2v) is 3.48. The van der Waals surface area contributed by atoms with Gasteiger partial charge in [-0.15, -0.1) is 0 Å². The van der Waals surface area contributed by atoms with E-state index < -0.39 is 11.9 Å². The first-order valence-electron chi connectivity index (χ1n) is 4.61. The largest absolute Gasteiger partial charge is 0.351 e. The van der Waals surface area contributed by atoms with E-state index in [1.54, 1.807) is 17.0 Å². The summed E-state index contributed by atoms with van der Waals surface area (Å²) in [6.45, 7) is 4.01. The molecule has 0 fully saturated rings. The van der Waals surface area contributed by atoms with E-state index in [0.717, 1.165) is 5.82 Å². The number of nitrogens with two attached hydrogens (primary N) is 1.